The van der Waals surface area contributed by atoms with Crippen LogP contribution in [0.3, 0.4) is 0 Å². The van der Waals surface area contributed by atoms with Gasteiger partial charge in [-0.2, -0.15) is 0 Å². The molecular weight excluding hydrogens is 266 g/mol. The molecule has 2 heterocycles. The van der Waals surface area contributed by atoms with E-state index in [9.17, 15) is 4.79 Å². The van der Waals surface area contributed by atoms with Crippen molar-refractivity contribution < 1.29 is 9.53 Å². The molecule has 0 aliphatic carbocycles. The Morgan fingerprint density at radius 3 is 3.00 bits per heavy atom. The second-order valence-electron chi connectivity index (χ2n) is 3.90. The topological polar surface area (TPSA) is 38.3 Å². The molecule has 0 saturated carbocycles. The smallest absolute Gasteiger partial charge is 0.289 e. The Balaban J connectivity index is 1.92. The molecule has 1 fully saturated rings. The van der Waals surface area contributed by atoms with Gasteiger partial charge in [-0.3, -0.25) is 4.79 Å². The van der Waals surface area contributed by atoms with E-state index in [2.05, 4.69) is 11.4 Å². The van der Waals surface area contributed by atoms with E-state index in [1.165, 1.54) is 0 Å². The Hall–Kier alpha value is -1.59. The van der Waals surface area contributed by atoms with Crippen LogP contribution in [0.2, 0.25) is 0 Å². The number of para-hydroxylation sites is 1. The molecule has 0 spiro atoms. The van der Waals surface area contributed by atoms with Crippen LogP contribution in [0.5, 0.6) is 5.75 Å². The van der Waals surface area contributed by atoms with Crippen LogP contribution in [0.1, 0.15) is 5.56 Å². The molecule has 1 aromatic carbocycles. The number of hydrogen-bond donors (Lipinski definition) is 1. The molecule has 1 saturated heterocycles. The van der Waals surface area contributed by atoms with Crippen LogP contribution in [-0.4, -0.2) is 16.8 Å². The minimum Gasteiger partial charge on any atom is -0.488 e. The average molecular weight is 275 g/mol. The average Bonchev–Trinajstić information content (AvgIpc) is 2.68. The zero-order chi connectivity index (χ0) is 12.5. The third-order valence-electron chi connectivity index (χ3n) is 2.61. The third kappa shape index (κ3) is 2.19. The second-order valence-corrected chi connectivity index (χ2v) is 5.32. The fourth-order valence-electron chi connectivity index (χ4n) is 1.81. The van der Waals surface area contributed by atoms with Crippen molar-refractivity contribution in [1.29, 1.82) is 0 Å². The number of hydrogen-bond acceptors (Lipinski definition) is 4. The minimum atomic E-state index is -0.121. The van der Waals surface area contributed by atoms with Crippen LogP contribution in [-0.2, 0) is 0 Å². The number of carbonyl (C=O) groups is 1. The lowest BCUT2D eigenvalue weighted by molar-refractivity contribution is 0.265. The highest BCUT2D eigenvalue weighted by atomic mass is 32.2. The van der Waals surface area contributed by atoms with Crippen molar-refractivity contribution in [2.24, 2.45) is 0 Å². The van der Waals surface area contributed by atoms with Crippen LogP contribution >= 0.6 is 24.0 Å². The Labute approximate surface area is 114 Å². The van der Waals surface area contributed by atoms with Crippen LogP contribution in [0.15, 0.2) is 40.8 Å². The van der Waals surface area contributed by atoms with Crippen molar-refractivity contribution in [2.75, 3.05) is 6.61 Å². The number of carbonyl (C=O) groups excluding carboxylic acids is 1. The van der Waals surface area contributed by atoms with Gasteiger partial charge in [-0.15, -0.1) is 0 Å². The van der Waals surface area contributed by atoms with Crippen molar-refractivity contribution in [3.63, 3.8) is 0 Å². The first kappa shape index (κ1) is 11.5. The molecule has 5 heteroatoms. The van der Waals surface area contributed by atoms with Gasteiger partial charge in [0, 0.05) is 5.56 Å². The molecule has 1 amide bonds. The first-order valence-electron chi connectivity index (χ1n) is 5.39. The zero-order valence-electron chi connectivity index (χ0n) is 9.30. The van der Waals surface area contributed by atoms with Crippen molar-refractivity contribution in [3.8, 4) is 5.75 Å². The lowest BCUT2D eigenvalue weighted by Crippen LogP contribution is -2.16. The minimum absolute atomic E-state index is 0.121. The molecule has 2 aliphatic rings. The maximum atomic E-state index is 11.2. The van der Waals surface area contributed by atoms with Gasteiger partial charge in [-0.25, -0.2) is 0 Å². The van der Waals surface area contributed by atoms with Gasteiger partial charge in [-0.05, 0) is 35.6 Å². The summed E-state index contributed by atoms with van der Waals surface area (Å²) in [6.07, 6.45) is 3.96. The SMILES string of the molecule is O=C1NC(=S)/C(=C\C2=Cc3ccccc3OC2)S1. The maximum absolute atomic E-state index is 11.2. The van der Waals surface area contributed by atoms with E-state index in [4.69, 9.17) is 17.0 Å². The molecule has 0 radical (unpaired) electrons. The molecule has 0 atom stereocenters. The molecule has 1 N–H and O–H groups in total. The van der Waals surface area contributed by atoms with Crippen LogP contribution in [0.4, 0.5) is 4.79 Å². The number of thiocarbonyl (C=S) groups is 1. The van der Waals surface area contributed by atoms with E-state index >= 15 is 0 Å². The summed E-state index contributed by atoms with van der Waals surface area (Å²) in [6.45, 7) is 0.498. The molecule has 90 valence electrons. The number of thioether (sulfide) groups is 1. The Bertz CT molecular complexity index is 605. The van der Waals surface area contributed by atoms with Crippen molar-refractivity contribution >= 4 is 40.3 Å². The van der Waals surface area contributed by atoms with Gasteiger partial charge in [0.2, 0.25) is 0 Å². The fourth-order valence-corrected chi connectivity index (χ4v) is 2.85. The van der Waals surface area contributed by atoms with Gasteiger partial charge in [0.1, 0.15) is 17.3 Å². The van der Waals surface area contributed by atoms with Gasteiger partial charge < -0.3 is 10.1 Å². The van der Waals surface area contributed by atoms with Gasteiger partial charge in [0.05, 0.1) is 4.91 Å². The first-order chi connectivity index (χ1) is 8.72. The number of benzene rings is 1. The summed E-state index contributed by atoms with van der Waals surface area (Å²) in [5, 5.41) is 2.47. The standard InChI is InChI=1S/C13H9NO2S2/c15-13-14-12(17)11(18-13)6-8-5-9-3-1-2-4-10(9)16-7-8/h1-6H,7H2,(H,14,15,17)/b11-6+. The summed E-state index contributed by atoms with van der Waals surface area (Å²) in [4.78, 5) is 12.4. The lowest BCUT2D eigenvalue weighted by atomic mass is 10.1. The van der Waals surface area contributed by atoms with E-state index < -0.39 is 0 Å². The van der Waals surface area contributed by atoms with Gasteiger partial charge >= 0.3 is 0 Å². The van der Waals surface area contributed by atoms with Crippen molar-refractivity contribution in [1.82, 2.24) is 5.32 Å². The number of rotatable bonds is 1. The van der Waals surface area contributed by atoms with E-state index in [1.54, 1.807) is 0 Å². The van der Waals surface area contributed by atoms with Gasteiger partial charge in [0.15, 0.2) is 0 Å². The van der Waals surface area contributed by atoms with E-state index in [1.807, 2.05) is 30.3 Å². The highest BCUT2D eigenvalue weighted by Crippen LogP contribution is 2.30. The van der Waals surface area contributed by atoms with E-state index in [0.29, 0.717) is 11.6 Å². The van der Waals surface area contributed by atoms with E-state index in [-0.39, 0.29) is 5.24 Å². The molecular formula is C13H9NO2S2. The quantitative estimate of drug-likeness (QED) is 0.631. The number of amides is 1. The molecule has 2 aliphatic heterocycles. The summed E-state index contributed by atoms with van der Waals surface area (Å²) >= 11 is 6.20. The van der Waals surface area contributed by atoms with E-state index in [0.717, 1.165) is 33.6 Å². The number of fused-ring (bicyclic) bond motifs is 1. The molecule has 18 heavy (non-hydrogen) atoms. The summed E-state index contributed by atoms with van der Waals surface area (Å²) in [7, 11) is 0. The van der Waals surface area contributed by atoms with Crippen LogP contribution in [0, 0.1) is 0 Å². The number of nitrogens with one attached hydrogen (secondary N) is 1. The predicted molar refractivity (Wildman–Crippen MR) is 76.7 cm³/mol. The molecule has 0 unspecified atom stereocenters. The predicted octanol–water partition coefficient (Wildman–Crippen LogP) is 3.13. The van der Waals surface area contributed by atoms with Crippen molar-refractivity contribution in [3.05, 3.63) is 46.4 Å². The van der Waals surface area contributed by atoms with Crippen molar-refractivity contribution in [2.45, 2.75) is 0 Å². The maximum Gasteiger partial charge on any atom is 0.289 e. The summed E-state index contributed by atoms with van der Waals surface area (Å²) < 4.78 is 5.64. The summed E-state index contributed by atoms with van der Waals surface area (Å²) in [6, 6.07) is 7.85. The third-order valence-corrected chi connectivity index (χ3v) is 3.89. The molecule has 1 aromatic rings. The highest BCUT2D eigenvalue weighted by molar-refractivity contribution is 8.19. The molecule has 3 nitrogen and oxygen atoms in total. The Kier molecular flexibility index (Phi) is 2.93. The number of ether oxygens (including phenoxy) is 1. The second kappa shape index (κ2) is 4.59. The summed E-state index contributed by atoms with van der Waals surface area (Å²) in [5.41, 5.74) is 2.05. The fraction of sp³-hybridized carbons (Fsp3) is 0.0769. The highest BCUT2D eigenvalue weighted by Gasteiger charge is 2.22. The normalized spacial score (nSPS) is 20.2. The van der Waals surface area contributed by atoms with Crippen LogP contribution in [0.25, 0.3) is 6.08 Å². The Morgan fingerprint density at radius 1 is 1.39 bits per heavy atom. The van der Waals surface area contributed by atoms with Crippen LogP contribution < -0.4 is 10.1 Å². The lowest BCUT2D eigenvalue weighted by Gasteiger charge is -2.15. The first-order valence-corrected chi connectivity index (χ1v) is 6.62. The molecule has 0 bridgehead atoms. The monoisotopic (exact) mass is 275 g/mol. The molecule has 0 aromatic heterocycles. The largest absolute Gasteiger partial charge is 0.488 e. The summed E-state index contributed by atoms with van der Waals surface area (Å²) in [5.74, 6) is 0.885. The van der Waals surface area contributed by atoms with Gasteiger partial charge in [-0.1, -0.05) is 30.4 Å². The Morgan fingerprint density at radius 2 is 2.22 bits per heavy atom. The molecule has 3 rings (SSSR count). The van der Waals surface area contributed by atoms with Gasteiger partial charge in [0.25, 0.3) is 5.24 Å². The zero-order valence-corrected chi connectivity index (χ0v) is 10.9.